The van der Waals surface area contributed by atoms with Gasteiger partial charge in [-0.2, -0.15) is 0 Å². The molecule has 0 radical (unpaired) electrons. The molecule has 2 rings (SSSR count). The van der Waals surface area contributed by atoms with Gasteiger partial charge in [-0.15, -0.1) is 0 Å². The Balaban J connectivity index is 0.000000980. The fourth-order valence-corrected chi connectivity index (χ4v) is 1.73. The minimum Gasteiger partial charge on any atom is -1.00 e. The summed E-state index contributed by atoms with van der Waals surface area (Å²) in [5.74, 6) is 0. The van der Waals surface area contributed by atoms with Crippen LogP contribution in [0.3, 0.4) is 0 Å². The first-order valence-corrected chi connectivity index (χ1v) is 5.55. The molecule has 1 N–H and O–H groups in total. The molecule has 0 fully saturated rings. The van der Waals surface area contributed by atoms with Gasteiger partial charge in [-0.05, 0) is 18.6 Å². The van der Waals surface area contributed by atoms with Crippen LogP contribution in [0.4, 0.5) is 0 Å². The van der Waals surface area contributed by atoms with Crippen molar-refractivity contribution in [3.05, 3.63) is 30.6 Å². The number of aryl methyl sites for hydroxylation is 1. The van der Waals surface area contributed by atoms with Gasteiger partial charge < -0.3 is 17.0 Å². The predicted octanol–water partition coefficient (Wildman–Crippen LogP) is -0.756. The maximum atomic E-state index is 3.44. The first kappa shape index (κ1) is 11.7. The molecule has 0 saturated carbocycles. The van der Waals surface area contributed by atoms with Crippen molar-refractivity contribution in [2.45, 2.75) is 13.0 Å². The maximum absolute atomic E-state index is 3.44. The van der Waals surface area contributed by atoms with E-state index in [2.05, 4.69) is 43.7 Å². The topological polar surface area (TPSA) is 19.7 Å². The third-order valence-corrected chi connectivity index (χ3v) is 2.68. The number of H-pyrrole nitrogens is 1. The Hall–Kier alpha value is -0.350. The van der Waals surface area contributed by atoms with Crippen LogP contribution in [0.2, 0.25) is 0 Å². The number of benzene rings is 1. The van der Waals surface area contributed by atoms with E-state index in [9.17, 15) is 0 Å². The lowest BCUT2D eigenvalue weighted by molar-refractivity contribution is -0.671. The number of fused-ring (bicyclic) bond motifs is 1. The number of para-hydroxylation sites is 2. The molecule has 1 aromatic heterocycles. The summed E-state index contributed by atoms with van der Waals surface area (Å²) in [6.07, 6.45) is 3.19. The van der Waals surface area contributed by atoms with Crippen molar-refractivity contribution >= 4 is 27.0 Å². The van der Waals surface area contributed by atoms with E-state index in [-0.39, 0.29) is 17.0 Å². The molecule has 2 nitrogen and oxygen atoms in total. The number of rotatable bonds is 3. The first-order chi connectivity index (χ1) is 6.42. The van der Waals surface area contributed by atoms with E-state index in [1.165, 1.54) is 11.0 Å². The van der Waals surface area contributed by atoms with Gasteiger partial charge in [0.05, 0.1) is 6.54 Å². The number of aromatic amines is 1. The molecule has 0 unspecified atom stereocenters. The first-order valence-electron chi connectivity index (χ1n) is 4.43. The largest absolute Gasteiger partial charge is 1.00 e. The van der Waals surface area contributed by atoms with Crippen molar-refractivity contribution in [3.8, 4) is 0 Å². The molecule has 0 saturated heterocycles. The number of hydrogen-bond donors (Lipinski definition) is 1. The molecular weight excluding hydrogens is 308 g/mol. The second kappa shape index (κ2) is 5.51. The smallest absolute Gasteiger partial charge is 0.242 e. The Kier molecular flexibility index (Phi) is 4.62. The highest BCUT2D eigenvalue weighted by molar-refractivity contribution is 9.09. The molecule has 4 heteroatoms. The summed E-state index contributed by atoms with van der Waals surface area (Å²) in [6, 6.07) is 8.36. The monoisotopic (exact) mass is 318 g/mol. The molecule has 0 aliphatic carbocycles. The molecule has 1 aromatic carbocycles. The average Bonchev–Trinajstić information content (AvgIpc) is 2.58. The lowest BCUT2D eigenvalue weighted by atomic mass is 10.3. The minimum atomic E-state index is 0. The van der Waals surface area contributed by atoms with Gasteiger partial charge in [0.2, 0.25) is 6.33 Å². The Morgan fingerprint density at radius 2 is 2.07 bits per heavy atom. The second-order valence-corrected chi connectivity index (χ2v) is 3.82. The lowest BCUT2D eigenvalue weighted by Gasteiger charge is -1.93. The second-order valence-electron chi connectivity index (χ2n) is 3.03. The average molecular weight is 320 g/mol. The Morgan fingerprint density at radius 1 is 1.29 bits per heavy atom. The van der Waals surface area contributed by atoms with Crippen LogP contribution in [0.5, 0.6) is 0 Å². The maximum Gasteiger partial charge on any atom is 0.242 e. The number of nitrogens with zero attached hydrogens (tertiary/aromatic N) is 1. The Bertz CT molecular complexity index is 398. The summed E-state index contributed by atoms with van der Waals surface area (Å²) >= 11 is 3.44. The van der Waals surface area contributed by atoms with E-state index >= 15 is 0 Å². The van der Waals surface area contributed by atoms with Gasteiger partial charge in [0.1, 0.15) is 0 Å². The summed E-state index contributed by atoms with van der Waals surface area (Å²) in [6.45, 7) is 1.06. The van der Waals surface area contributed by atoms with Crippen molar-refractivity contribution in [1.82, 2.24) is 4.98 Å². The zero-order chi connectivity index (χ0) is 9.10. The molecule has 0 aliphatic rings. The highest BCUT2D eigenvalue weighted by atomic mass is 79.9. The lowest BCUT2D eigenvalue weighted by Crippen LogP contribution is -3.00. The molecule has 0 aliphatic heterocycles. The van der Waals surface area contributed by atoms with Crippen LogP contribution in [-0.2, 0) is 6.54 Å². The van der Waals surface area contributed by atoms with Gasteiger partial charge in [0.15, 0.2) is 11.0 Å². The van der Waals surface area contributed by atoms with Gasteiger partial charge in [-0.1, -0.05) is 28.1 Å². The van der Waals surface area contributed by atoms with Gasteiger partial charge >= 0.3 is 0 Å². The fourth-order valence-electron chi connectivity index (χ4n) is 1.48. The van der Waals surface area contributed by atoms with E-state index in [1.54, 1.807) is 0 Å². The zero-order valence-electron chi connectivity index (χ0n) is 7.71. The molecule has 0 bridgehead atoms. The summed E-state index contributed by atoms with van der Waals surface area (Å²) in [4.78, 5) is 3.24. The Labute approximate surface area is 102 Å². The summed E-state index contributed by atoms with van der Waals surface area (Å²) < 4.78 is 2.25. The van der Waals surface area contributed by atoms with Gasteiger partial charge in [-0.25, -0.2) is 9.55 Å². The Morgan fingerprint density at radius 3 is 2.86 bits per heavy atom. The quantitative estimate of drug-likeness (QED) is 0.567. The SMILES string of the molecule is BrCCC[n+]1c[nH]c2ccccc21.[Br-]. The molecule has 1 heterocycles. The van der Waals surface area contributed by atoms with E-state index in [4.69, 9.17) is 0 Å². The molecular formula is C10H12Br2N2. The van der Waals surface area contributed by atoms with E-state index in [1.807, 2.05) is 12.4 Å². The number of aromatic nitrogens is 2. The van der Waals surface area contributed by atoms with Crippen molar-refractivity contribution in [1.29, 1.82) is 0 Å². The molecule has 14 heavy (non-hydrogen) atoms. The normalized spacial score (nSPS) is 10.1. The highest BCUT2D eigenvalue weighted by Gasteiger charge is 2.06. The van der Waals surface area contributed by atoms with Gasteiger partial charge in [-0.3, -0.25) is 0 Å². The molecule has 76 valence electrons. The van der Waals surface area contributed by atoms with Crippen LogP contribution >= 0.6 is 15.9 Å². The fraction of sp³-hybridized carbons (Fsp3) is 0.300. The van der Waals surface area contributed by atoms with Crippen LogP contribution in [-0.4, -0.2) is 10.3 Å². The van der Waals surface area contributed by atoms with Crippen LogP contribution in [0.25, 0.3) is 11.0 Å². The summed E-state index contributed by atoms with van der Waals surface area (Å²) in [5.41, 5.74) is 2.49. The number of nitrogens with one attached hydrogen (secondary N) is 1. The summed E-state index contributed by atoms with van der Waals surface area (Å²) in [5, 5.41) is 1.06. The number of halogens is 2. The molecule has 0 atom stereocenters. The van der Waals surface area contributed by atoms with Crippen molar-refractivity contribution in [2.24, 2.45) is 0 Å². The standard InChI is InChI=1S/C10H11BrN2.BrH/c11-6-3-7-13-8-12-9-4-1-2-5-10(9)13;/h1-2,4-5,8H,3,6-7H2;1H. The van der Waals surface area contributed by atoms with E-state index in [0.717, 1.165) is 18.3 Å². The van der Waals surface area contributed by atoms with Crippen molar-refractivity contribution in [3.63, 3.8) is 0 Å². The predicted molar refractivity (Wildman–Crippen MR) is 56.9 cm³/mol. The van der Waals surface area contributed by atoms with Crippen LogP contribution in [0.1, 0.15) is 6.42 Å². The third kappa shape index (κ3) is 2.36. The third-order valence-electron chi connectivity index (χ3n) is 2.12. The van der Waals surface area contributed by atoms with Crippen molar-refractivity contribution < 1.29 is 21.5 Å². The summed E-state index contributed by atoms with van der Waals surface area (Å²) in [7, 11) is 0. The number of imidazole rings is 1. The molecule has 0 amide bonds. The van der Waals surface area contributed by atoms with Crippen LogP contribution in [0, 0.1) is 0 Å². The number of alkyl halides is 1. The minimum absolute atomic E-state index is 0. The van der Waals surface area contributed by atoms with Crippen LogP contribution < -0.4 is 21.5 Å². The molecule has 0 spiro atoms. The zero-order valence-corrected chi connectivity index (χ0v) is 10.9. The van der Waals surface area contributed by atoms with Gasteiger partial charge in [0, 0.05) is 5.33 Å². The number of hydrogen-bond acceptors (Lipinski definition) is 0. The highest BCUT2D eigenvalue weighted by Crippen LogP contribution is 2.05. The van der Waals surface area contributed by atoms with Crippen molar-refractivity contribution in [2.75, 3.05) is 5.33 Å². The molecule has 2 aromatic rings. The van der Waals surface area contributed by atoms with E-state index < -0.39 is 0 Å². The van der Waals surface area contributed by atoms with Crippen LogP contribution in [0.15, 0.2) is 30.6 Å². The van der Waals surface area contributed by atoms with Gasteiger partial charge in [0.25, 0.3) is 0 Å². The van der Waals surface area contributed by atoms with E-state index in [0.29, 0.717) is 0 Å².